The van der Waals surface area contributed by atoms with E-state index >= 15 is 0 Å². The lowest BCUT2D eigenvalue weighted by molar-refractivity contribution is -0.136. The Morgan fingerprint density at radius 3 is 2.27 bits per heavy atom. The third kappa shape index (κ3) is 4.89. The van der Waals surface area contributed by atoms with Gasteiger partial charge in [-0.3, -0.25) is 4.79 Å². The number of carboxylic acids is 1. The second-order valence-electron chi connectivity index (χ2n) is 6.36. The second kappa shape index (κ2) is 9.01. The zero-order valence-corrected chi connectivity index (χ0v) is 15.9. The number of hydrogen-bond donors (Lipinski definition) is 1. The summed E-state index contributed by atoms with van der Waals surface area (Å²) in [6, 6.07) is 14.4. The molecule has 0 amide bonds. The first kappa shape index (κ1) is 20.7. The number of hydrogen-bond acceptors (Lipinski definition) is 5. The molecule has 6 nitrogen and oxygen atoms in total. The Hall–Kier alpha value is -3.99. The van der Waals surface area contributed by atoms with Crippen LogP contribution in [0.3, 0.4) is 0 Å². The van der Waals surface area contributed by atoms with Gasteiger partial charge >= 0.3 is 5.97 Å². The van der Waals surface area contributed by atoms with Gasteiger partial charge in [0.1, 0.15) is 11.5 Å². The molecule has 0 spiro atoms. The monoisotopic (exact) mass is 410 g/mol. The summed E-state index contributed by atoms with van der Waals surface area (Å²) < 4.78 is 39.9. The van der Waals surface area contributed by atoms with E-state index < -0.39 is 29.4 Å². The van der Waals surface area contributed by atoms with Crippen LogP contribution in [0, 0.1) is 29.9 Å². The van der Waals surface area contributed by atoms with Crippen LogP contribution in [0.2, 0.25) is 0 Å². The van der Waals surface area contributed by atoms with Gasteiger partial charge in [-0.05, 0) is 49.2 Å². The van der Waals surface area contributed by atoms with Crippen LogP contribution in [-0.4, -0.2) is 16.1 Å². The first-order valence-electron chi connectivity index (χ1n) is 8.89. The van der Waals surface area contributed by atoms with Crippen LogP contribution in [0.15, 0.2) is 48.5 Å². The first-order valence-corrected chi connectivity index (χ1v) is 8.89. The summed E-state index contributed by atoms with van der Waals surface area (Å²) in [6.45, 7) is 1.22. The highest BCUT2D eigenvalue weighted by atomic mass is 19.1. The number of carbonyl (C=O) groups is 1. The molecule has 0 bridgehead atoms. The number of aromatic nitrogens is 1. The highest BCUT2D eigenvalue weighted by Gasteiger charge is 2.21. The molecule has 3 rings (SSSR count). The van der Waals surface area contributed by atoms with Gasteiger partial charge in [0.25, 0.3) is 11.8 Å². The maximum absolute atomic E-state index is 14.5. The molecule has 2 aromatic carbocycles. The van der Waals surface area contributed by atoms with E-state index in [1.807, 2.05) is 6.07 Å². The third-order valence-electron chi connectivity index (χ3n) is 4.16. The van der Waals surface area contributed by atoms with E-state index in [9.17, 15) is 13.6 Å². The maximum atomic E-state index is 14.5. The van der Waals surface area contributed by atoms with Crippen LogP contribution in [0.25, 0.3) is 0 Å². The highest BCUT2D eigenvalue weighted by molar-refractivity contribution is 5.67. The van der Waals surface area contributed by atoms with Crippen molar-refractivity contribution < 1.29 is 28.2 Å². The number of carboxylic acid groups (broad SMARTS) is 1. The standard InChI is InChI=1S/C22H16F2N2O4/c1-13-19(23)21(29-16-6-2-4-14(10-16)8-9-18(27)28)26-22(20(13)24)30-17-7-3-5-15(11-17)12-25/h2-7,10-11H,8-9H2,1H3,(H,27,28). The Morgan fingerprint density at radius 1 is 1.07 bits per heavy atom. The van der Waals surface area contributed by atoms with Crippen LogP contribution in [0.4, 0.5) is 8.78 Å². The molecule has 30 heavy (non-hydrogen) atoms. The van der Waals surface area contributed by atoms with E-state index in [4.69, 9.17) is 19.8 Å². The molecule has 8 heteroatoms. The normalized spacial score (nSPS) is 10.3. The quantitative estimate of drug-likeness (QED) is 0.580. The Balaban J connectivity index is 1.89. The summed E-state index contributed by atoms with van der Waals surface area (Å²) in [4.78, 5) is 14.5. The van der Waals surface area contributed by atoms with Crippen LogP contribution in [0.1, 0.15) is 23.1 Å². The van der Waals surface area contributed by atoms with E-state index in [1.54, 1.807) is 36.4 Å². The summed E-state index contributed by atoms with van der Waals surface area (Å²) in [5, 5.41) is 17.8. The van der Waals surface area contributed by atoms with E-state index in [-0.39, 0.29) is 29.9 Å². The molecule has 1 heterocycles. The largest absolute Gasteiger partial charge is 0.481 e. The molecule has 0 unspecified atom stereocenters. The number of nitriles is 1. The first-order chi connectivity index (χ1) is 14.4. The smallest absolute Gasteiger partial charge is 0.303 e. The van der Waals surface area contributed by atoms with E-state index in [2.05, 4.69) is 4.98 Å². The van der Waals surface area contributed by atoms with Crippen molar-refractivity contribution in [2.75, 3.05) is 0 Å². The number of aryl methyl sites for hydroxylation is 1. The van der Waals surface area contributed by atoms with Crippen LogP contribution in [0.5, 0.6) is 23.3 Å². The predicted octanol–water partition coefficient (Wildman–Crippen LogP) is 5.14. The van der Waals surface area contributed by atoms with Crippen LogP contribution < -0.4 is 9.47 Å². The van der Waals surface area contributed by atoms with Crippen LogP contribution >= 0.6 is 0 Å². The molecule has 3 aromatic rings. The topological polar surface area (TPSA) is 92.4 Å². The third-order valence-corrected chi connectivity index (χ3v) is 4.16. The minimum atomic E-state index is -0.989. The fourth-order valence-corrected chi connectivity index (χ4v) is 2.61. The second-order valence-corrected chi connectivity index (χ2v) is 6.36. The van der Waals surface area contributed by atoms with E-state index in [0.717, 1.165) is 0 Å². The van der Waals surface area contributed by atoms with Gasteiger partial charge in [-0.25, -0.2) is 8.78 Å². The molecule has 0 saturated heterocycles. The summed E-state index contributed by atoms with van der Waals surface area (Å²) in [6.07, 6.45) is 0.208. The van der Waals surface area contributed by atoms with Gasteiger partial charge in [0.15, 0.2) is 11.6 Å². The average molecular weight is 410 g/mol. The van der Waals surface area contributed by atoms with Crippen LogP contribution in [-0.2, 0) is 11.2 Å². The lowest BCUT2D eigenvalue weighted by atomic mass is 10.1. The van der Waals surface area contributed by atoms with E-state index in [0.29, 0.717) is 11.1 Å². The number of ether oxygens (including phenoxy) is 2. The van der Waals surface area contributed by atoms with Crippen molar-refractivity contribution in [3.63, 3.8) is 0 Å². The van der Waals surface area contributed by atoms with Gasteiger partial charge in [-0.15, -0.1) is 0 Å². The van der Waals surface area contributed by atoms with Gasteiger partial charge in [-0.2, -0.15) is 10.2 Å². The van der Waals surface area contributed by atoms with Gasteiger partial charge < -0.3 is 14.6 Å². The number of rotatable bonds is 7. The molecular formula is C22H16F2N2O4. The maximum Gasteiger partial charge on any atom is 0.303 e. The van der Waals surface area contributed by atoms with Gasteiger partial charge in [0.05, 0.1) is 11.6 Å². The molecule has 0 fully saturated rings. The predicted molar refractivity (Wildman–Crippen MR) is 103 cm³/mol. The molecule has 1 aromatic heterocycles. The Kier molecular flexibility index (Phi) is 6.23. The van der Waals surface area contributed by atoms with Crippen molar-refractivity contribution >= 4 is 5.97 Å². The van der Waals surface area contributed by atoms with E-state index in [1.165, 1.54) is 19.1 Å². The molecular weight excluding hydrogens is 394 g/mol. The van der Waals surface area contributed by atoms with Gasteiger partial charge in [-0.1, -0.05) is 18.2 Å². The molecule has 0 aliphatic heterocycles. The van der Waals surface area contributed by atoms with Crippen molar-refractivity contribution in [2.24, 2.45) is 0 Å². The Labute approximate surface area is 170 Å². The molecule has 0 aliphatic rings. The molecule has 152 valence electrons. The number of halogens is 2. The summed E-state index contributed by atoms with van der Waals surface area (Å²) in [5.41, 5.74) is 0.647. The molecule has 1 N–H and O–H groups in total. The van der Waals surface area contributed by atoms with Crippen molar-refractivity contribution in [3.8, 4) is 29.3 Å². The lowest BCUT2D eigenvalue weighted by Crippen LogP contribution is -2.02. The zero-order chi connectivity index (χ0) is 21.7. The molecule has 0 radical (unpaired) electrons. The summed E-state index contributed by atoms with van der Waals surface area (Å²) in [7, 11) is 0. The number of aliphatic carboxylic acids is 1. The summed E-state index contributed by atoms with van der Waals surface area (Å²) in [5.74, 6) is -3.53. The summed E-state index contributed by atoms with van der Waals surface area (Å²) >= 11 is 0. The van der Waals surface area contributed by atoms with Crippen molar-refractivity contribution in [2.45, 2.75) is 19.8 Å². The SMILES string of the molecule is Cc1c(F)c(Oc2cccc(C#N)c2)nc(Oc2cccc(CCC(=O)O)c2)c1F. The fraction of sp³-hybridized carbons (Fsp3) is 0.136. The Bertz CT molecular complexity index is 1140. The number of nitrogens with zero attached hydrogens (tertiary/aromatic N) is 2. The molecule has 0 saturated carbocycles. The zero-order valence-electron chi connectivity index (χ0n) is 15.9. The molecule has 0 aliphatic carbocycles. The van der Waals surface area contributed by atoms with Gasteiger partial charge in [0, 0.05) is 12.0 Å². The van der Waals surface area contributed by atoms with Gasteiger partial charge in [0.2, 0.25) is 0 Å². The van der Waals surface area contributed by atoms with Crippen molar-refractivity contribution in [3.05, 3.63) is 76.9 Å². The average Bonchev–Trinajstić information content (AvgIpc) is 2.74. The van der Waals surface area contributed by atoms with Crippen molar-refractivity contribution in [1.29, 1.82) is 5.26 Å². The lowest BCUT2D eigenvalue weighted by Gasteiger charge is -2.13. The number of pyridine rings is 1. The van der Waals surface area contributed by atoms with Crippen molar-refractivity contribution in [1.82, 2.24) is 4.98 Å². The number of benzene rings is 2. The minimum Gasteiger partial charge on any atom is -0.481 e. The molecule has 0 atom stereocenters. The highest BCUT2D eigenvalue weighted by Crippen LogP contribution is 2.33. The fourth-order valence-electron chi connectivity index (χ4n) is 2.61. The Morgan fingerprint density at radius 2 is 1.67 bits per heavy atom. The minimum absolute atomic E-state index is 0.0640.